The third-order valence-electron chi connectivity index (χ3n) is 3.36. The molecule has 0 bridgehead atoms. The van der Waals surface area contributed by atoms with Gasteiger partial charge < -0.3 is 5.32 Å². The molecule has 1 aromatic rings. The summed E-state index contributed by atoms with van der Waals surface area (Å²) < 4.78 is 24.6. The second-order valence-electron chi connectivity index (χ2n) is 4.74. The summed E-state index contributed by atoms with van der Waals surface area (Å²) in [5, 5.41) is 13.9. The van der Waals surface area contributed by atoms with Gasteiger partial charge in [-0.2, -0.15) is 0 Å². The highest BCUT2D eigenvalue weighted by atomic mass is 32.2. The lowest BCUT2D eigenvalue weighted by molar-refractivity contribution is -0.387. The van der Waals surface area contributed by atoms with Gasteiger partial charge in [-0.15, -0.1) is 0 Å². The average Bonchev–Trinajstić information content (AvgIpc) is 3.20. The fraction of sp³-hybridized carbons (Fsp3) is 0.500. The van der Waals surface area contributed by atoms with Gasteiger partial charge in [0, 0.05) is 12.1 Å². The Morgan fingerprint density at radius 3 is 2.58 bits per heavy atom. The number of sulfone groups is 1. The maximum absolute atomic E-state index is 12.3. The van der Waals surface area contributed by atoms with Gasteiger partial charge in [-0.3, -0.25) is 10.1 Å². The molecule has 19 heavy (non-hydrogen) atoms. The fourth-order valence-electron chi connectivity index (χ4n) is 2.15. The quantitative estimate of drug-likeness (QED) is 0.629. The molecule has 0 aromatic heterocycles. The fourth-order valence-corrected chi connectivity index (χ4v) is 3.99. The molecule has 104 valence electrons. The van der Waals surface area contributed by atoms with E-state index >= 15 is 0 Å². The van der Waals surface area contributed by atoms with Crippen LogP contribution in [0, 0.1) is 16.0 Å². The lowest BCUT2D eigenvalue weighted by Crippen LogP contribution is -2.35. The number of nitro groups is 1. The Morgan fingerprint density at radius 1 is 1.42 bits per heavy atom. The molecule has 2 rings (SSSR count). The summed E-state index contributed by atoms with van der Waals surface area (Å²) in [4.78, 5) is 10.0. The van der Waals surface area contributed by atoms with Crippen LogP contribution in [0.1, 0.15) is 12.8 Å². The number of nitrogens with one attached hydrogen (secondary N) is 1. The van der Waals surface area contributed by atoms with E-state index in [2.05, 4.69) is 5.32 Å². The van der Waals surface area contributed by atoms with Gasteiger partial charge in [0.2, 0.25) is 0 Å². The van der Waals surface area contributed by atoms with Gasteiger partial charge in [0.1, 0.15) is 4.90 Å². The van der Waals surface area contributed by atoms with Crippen LogP contribution in [0.4, 0.5) is 5.69 Å². The molecule has 1 aromatic carbocycles. The van der Waals surface area contributed by atoms with Crippen molar-refractivity contribution in [2.45, 2.75) is 23.8 Å². The Bertz CT molecular complexity index is 581. The van der Waals surface area contributed by atoms with Crippen LogP contribution in [-0.2, 0) is 9.84 Å². The van der Waals surface area contributed by atoms with E-state index in [1.54, 1.807) is 7.05 Å². The molecule has 6 nitrogen and oxygen atoms in total. The van der Waals surface area contributed by atoms with Crippen LogP contribution in [0.15, 0.2) is 29.2 Å². The molecule has 0 heterocycles. The van der Waals surface area contributed by atoms with Crippen molar-refractivity contribution in [2.75, 3.05) is 12.8 Å². The predicted octanol–water partition coefficient (Wildman–Crippen LogP) is 1.37. The maximum Gasteiger partial charge on any atom is 0.287 e. The first kappa shape index (κ1) is 14.0. The maximum atomic E-state index is 12.3. The number of benzene rings is 1. The van der Waals surface area contributed by atoms with Crippen molar-refractivity contribution in [2.24, 2.45) is 5.92 Å². The summed E-state index contributed by atoms with van der Waals surface area (Å²) in [6.45, 7) is 0. The molecule has 1 atom stereocenters. The standard InChI is InChI=1S/C12H16N2O4S/c1-13-10(9-6-7-9)8-19(17,18)12-5-3-2-4-11(12)14(15)16/h2-5,9-10,13H,6-8H2,1H3. The van der Waals surface area contributed by atoms with Crippen LogP contribution in [-0.4, -0.2) is 32.2 Å². The number of nitrogens with zero attached hydrogens (tertiary/aromatic N) is 1. The average molecular weight is 284 g/mol. The van der Waals surface area contributed by atoms with Crippen LogP contribution < -0.4 is 5.32 Å². The lowest BCUT2D eigenvalue weighted by atomic mass is 10.2. The monoisotopic (exact) mass is 284 g/mol. The Labute approximate surface area is 111 Å². The SMILES string of the molecule is CNC(CS(=O)(=O)c1ccccc1[N+](=O)[O-])C1CC1. The van der Waals surface area contributed by atoms with Crippen LogP contribution in [0.3, 0.4) is 0 Å². The molecule has 0 saturated heterocycles. The highest BCUT2D eigenvalue weighted by molar-refractivity contribution is 7.91. The summed E-state index contributed by atoms with van der Waals surface area (Å²) in [5.74, 6) is 0.265. The third-order valence-corrected chi connectivity index (χ3v) is 5.17. The molecule has 1 N–H and O–H groups in total. The minimum Gasteiger partial charge on any atom is -0.316 e. The van der Waals surface area contributed by atoms with Gasteiger partial charge in [0.25, 0.3) is 5.69 Å². The van der Waals surface area contributed by atoms with E-state index in [4.69, 9.17) is 0 Å². The van der Waals surface area contributed by atoms with Gasteiger partial charge in [-0.05, 0) is 31.9 Å². The van der Waals surface area contributed by atoms with Crippen LogP contribution in [0.2, 0.25) is 0 Å². The van der Waals surface area contributed by atoms with Crippen molar-refractivity contribution >= 4 is 15.5 Å². The van der Waals surface area contributed by atoms with Crippen molar-refractivity contribution in [1.29, 1.82) is 0 Å². The number of rotatable bonds is 6. The lowest BCUT2D eigenvalue weighted by Gasteiger charge is -2.15. The highest BCUT2D eigenvalue weighted by Gasteiger charge is 2.35. The summed E-state index contributed by atoms with van der Waals surface area (Å²) in [6, 6.07) is 5.36. The summed E-state index contributed by atoms with van der Waals surface area (Å²) in [6.07, 6.45) is 2.02. The van der Waals surface area contributed by atoms with Gasteiger partial charge in [0.05, 0.1) is 10.7 Å². The number of para-hydroxylation sites is 1. The first-order chi connectivity index (χ1) is 8.95. The number of hydrogen-bond acceptors (Lipinski definition) is 5. The van der Waals surface area contributed by atoms with E-state index < -0.39 is 14.8 Å². The molecule has 0 aliphatic heterocycles. The summed E-state index contributed by atoms with van der Waals surface area (Å²) >= 11 is 0. The van der Waals surface area contributed by atoms with Gasteiger partial charge >= 0.3 is 0 Å². The van der Waals surface area contributed by atoms with E-state index in [-0.39, 0.29) is 22.4 Å². The van der Waals surface area contributed by atoms with E-state index in [0.29, 0.717) is 5.92 Å². The normalized spacial score (nSPS) is 17.1. The van der Waals surface area contributed by atoms with Crippen molar-refractivity contribution in [3.8, 4) is 0 Å². The zero-order valence-corrected chi connectivity index (χ0v) is 11.4. The van der Waals surface area contributed by atoms with Crippen molar-refractivity contribution in [3.05, 3.63) is 34.4 Å². The smallest absolute Gasteiger partial charge is 0.287 e. The van der Waals surface area contributed by atoms with Gasteiger partial charge in [0.15, 0.2) is 9.84 Å². The molecule has 1 fully saturated rings. The Hall–Kier alpha value is -1.47. The first-order valence-corrected chi connectivity index (χ1v) is 7.74. The molecular weight excluding hydrogens is 268 g/mol. The predicted molar refractivity (Wildman–Crippen MR) is 70.7 cm³/mol. The molecule has 0 spiro atoms. The Balaban J connectivity index is 2.31. The Morgan fingerprint density at radius 2 is 2.05 bits per heavy atom. The molecular formula is C12H16N2O4S. The summed E-state index contributed by atoms with van der Waals surface area (Å²) in [7, 11) is -1.94. The highest BCUT2D eigenvalue weighted by Crippen LogP contribution is 2.34. The second-order valence-corrected chi connectivity index (χ2v) is 6.74. The minimum atomic E-state index is -3.66. The molecule has 1 saturated carbocycles. The first-order valence-electron chi connectivity index (χ1n) is 6.09. The zero-order valence-electron chi connectivity index (χ0n) is 10.6. The molecule has 0 amide bonds. The second kappa shape index (κ2) is 5.26. The van der Waals surface area contributed by atoms with Crippen molar-refractivity contribution < 1.29 is 13.3 Å². The molecule has 1 aliphatic carbocycles. The van der Waals surface area contributed by atoms with Crippen LogP contribution in [0.25, 0.3) is 0 Å². The van der Waals surface area contributed by atoms with E-state index in [0.717, 1.165) is 12.8 Å². The van der Waals surface area contributed by atoms with E-state index in [9.17, 15) is 18.5 Å². The molecule has 0 radical (unpaired) electrons. The number of hydrogen-bond donors (Lipinski definition) is 1. The molecule has 1 aliphatic rings. The summed E-state index contributed by atoms with van der Waals surface area (Å²) in [5.41, 5.74) is -0.354. The largest absolute Gasteiger partial charge is 0.316 e. The van der Waals surface area contributed by atoms with E-state index in [1.165, 1.54) is 24.3 Å². The molecule has 1 unspecified atom stereocenters. The van der Waals surface area contributed by atoms with Crippen LogP contribution in [0.5, 0.6) is 0 Å². The van der Waals surface area contributed by atoms with E-state index in [1.807, 2.05) is 0 Å². The van der Waals surface area contributed by atoms with Crippen molar-refractivity contribution in [1.82, 2.24) is 5.32 Å². The Kier molecular flexibility index (Phi) is 3.86. The third kappa shape index (κ3) is 3.10. The van der Waals surface area contributed by atoms with Gasteiger partial charge in [-0.25, -0.2) is 8.42 Å². The zero-order chi connectivity index (χ0) is 14.0. The van der Waals surface area contributed by atoms with Crippen LogP contribution >= 0.6 is 0 Å². The minimum absolute atomic E-state index is 0.0982. The number of nitro benzene ring substituents is 1. The molecule has 7 heteroatoms. The topological polar surface area (TPSA) is 89.3 Å². The van der Waals surface area contributed by atoms with Gasteiger partial charge in [-0.1, -0.05) is 12.1 Å². The van der Waals surface area contributed by atoms with Crippen molar-refractivity contribution in [3.63, 3.8) is 0 Å².